The van der Waals surface area contributed by atoms with Crippen LogP contribution in [0.15, 0.2) is 78.0 Å². The predicted octanol–water partition coefficient (Wildman–Crippen LogP) is 6.48. The lowest BCUT2D eigenvalue weighted by Gasteiger charge is -2.21. The Morgan fingerprint density at radius 2 is 1.54 bits per heavy atom. The first-order valence-electron chi connectivity index (χ1n) is 12.8. The summed E-state index contributed by atoms with van der Waals surface area (Å²) in [4.78, 5) is 15.0. The minimum absolute atomic E-state index is 0.129. The van der Waals surface area contributed by atoms with Crippen LogP contribution in [0, 0.1) is 0 Å². The summed E-state index contributed by atoms with van der Waals surface area (Å²) in [6.45, 7) is 8.82. The van der Waals surface area contributed by atoms with Crippen LogP contribution in [0.2, 0.25) is 5.02 Å². The summed E-state index contributed by atoms with van der Waals surface area (Å²) < 4.78 is 13.4. The maximum Gasteiger partial charge on any atom is 0.234 e. The number of rotatable bonds is 13. The second kappa shape index (κ2) is 13.9. The topological polar surface area (TPSA) is 81.5 Å². The number of ether oxygens (including phenoxy) is 2. The first kappa shape index (κ1) is 28.3. The van der Waals surface area contributed by atoms with Crippen LogP contribution in [0.3, 0.4) is 0 Å². The maximum absolute atomic E-state index is 12.8. The number of hydrogen-bond donors (Lipinski definition) is 1. The molecule has 8 nitrogen and oxygen atoms in total. The van der Waals surface area contributed by atoms with Crippen LogP contribution < -0.4 is 19.7 Å². The molecule has 0 fully saturated rings. The lowest BCUT2D eigenvalue weighted by atomic mass is 10.2. The quantitative estimate of drug-likeness (QED) is 0.186. The number of hydrogen-bond acceptors (Lipinski definition) is 7. The second-order valence-electron chi connectivity index (χ2n) is 8.46. The Hall–Kier alpha value is -3.69. The molecule has 10 heteroatoms. The number of nitrogens with one attached hydrogen (secondary N) is 1. The standard InChI is InChI=1S/C29H32ClN5O3S/c1-4-34(5-2)23-11-9-22(10-12-23)31-28(36)20-39-29-33-32-27(19-38-26-15-7-21(30)8-16-26)35(29)24-13-17-25(18-14-24)37-6-3/h7-18H,4-6,19-20H2,1-3H3,(H,31,36). The zero-order valence-electron chi connectivity index (χ0n) is 22.3. The molecule has 1 aromatic heterocycles. The fraction of sp³-hybridized carbons (Fsp3) is 0.276. The van der Waals surface area contributed by atoms with Crippen LogP contribution in [0.4, 0.5) is 11.4 Å². The lowest BCUT2D eigenvalue weighted by Crippen LogP contribution is -2.21. The number of anilines is 2. The van der Waals surface area contributed by atoms with E-state index in [1.165, 1.54) is 11.8 Å². The summed E-state index contributed by atoms with van der Waals surface area (Å²) in [6.07, 6.45) is 0. The van der Waals surface area contributed by atoms with Crippen LogP contribution in [0.1, 0.15) is 26.6 Å². The molecule has 0 saturated heterocycles. The largest absolute Gasteiger partial charge is 0.494 e. The van der Waals surface area contributed by atoms with E-state index < -0.39 is 0 Å². The smallest absolute Gasteiger partial charge is 0.234 e. The molecule has 0 aliphatic heterocycles. The third kappa shape index (κ3) is 7.68. The number of carbonyl (C=O) groups is 1. The molecular formula is C29H32ClN5O3S. The van der Waals surface area contributed by atoms with Gasteiger partial charge in [0.25, 0.3) is 0 Å². The van der Waals surface area contributed by atoms with Crippen LogP contribution in [-0.4, -0.2) is 46.1 Å². The first-order valence-corrected chi connectivity index (χ1v) is 14.2. The summed E-state index contributed by atoms with van der Waals surface area (Å²) >= 11 is 7.29. The fourth-order valence-corrected chi connectivity index (χ4v) is 4.85. The van der Waals surface area contributed by atoms with Gasteiger partial charge in [-0.1, -0.05) is 23.4 Å². The van der Waals surface area contributed by atoms with E-state index in [9.17, 15) is 4.79 Å². The minimum atomic E-state index is -0.129. The van der Waals surface area contributed by atoms with Crippen molar-refractivity contribution in [2.45, 2.75) is 32.5 Å². The average molecular weight is 566 g/mol. The van der Waals surface area contributed by atoms with Crippen molar-refractivity contribution >= 4 is 40.6 Å². The summed E-state index contributed by atoms with van der Waals surface area (Å²) in [5.41, 5.74) is 2.72. The highest BCUT2D eigenvalue weighted by atomic mass is 35.5. The van der Waals surface area contributed by atoms with Crippen molar-refractivity contribution < 1.29 is 14.3 Å². The summed E-state index contributed by atoms with van der Waals surface area (Å²) in [5.74, 6) is 2.08. The first-order chi connectivity index (χ1) is 19.0. The Bertz CT molecular complexity index is 1340. The normalized spacial score (nSPS) is 10.8. The van der Waals surface area contributed by atoms with Gasteiger partial charge in [0.05, 0.1) is 12.4 Å². The molecule has 4 aromatic rings. The number of halogens is 1. The van der Waals surface area contributed by atoms with E-state index in [0.717, 1.165) is 35.9 Å². The van der Waals surface area contributed by atoms with Gasteiger partial charge >= 0.3 is 0 Å². The molecular weight excluding hydrogens is 534 g/mol. The van der Waals surface area contributed by atoms with Crippen molar-refractivity contribution in [2.24, 2.45) is 0 Å². The van der Waals surface area contributed by atoms with Crippen molar-refractivity contribution in [3.8, 4) is 17.2 Å². The molecule has 204 valence electrons. The van der Waals surface area contributed by atoms with E-state index in [-0.39, 0.29) is 18.3 Å². The zero-order valence-corrected chi connectivity index (χ0v) is 23.8. The highest BCUT2D eigenvalue weighted by Crippen LogP contribution is 2.26. The third-order valence-corrected chi connectivity index (χ3v) is 7.08. The van der Waals surface area contributed by atoms with Crippen molar-refractivity contribution in [3.05, 3.63) is 83.6 Å². The summed E-state index contributed by atoms with van der Waals surface area (Å²) in [6, 6.07) is 22.7. The van der Waals surface area contributed by atoms with E-state index in [4.69, 9.17) is 21.1 Å². The molecule has 39 heavy (non-hydrogen) atoms. The maximum atomic E-state index is 12.8. The predicted molar refractivity (Wildman–Crippen MR) is 158 cm³/mol. The SMILES string of the molecule is CCOc1ccc(-n2c(COc3ccc(Cl)cc3)nnc2SCC(=O)Nc2ccc(N(CC)CC)cc2)cc1. The molecule has 0 bridgehead atoms. The lowest BCUT2D eigenvalue weighted by molar-refractivity contribution is -0.113. The van der Waals surface area contributed by atoms with Crippen LogP contribution in [-0.2, 0) is 11.4 Å². The van der Waals surface area contributed by atoms with Gasteiger partial charge in [-0.25, -0.2) is 0 Å². The van der Waals surface area contributed by atoms with Crippen molar-refractivity contribution in [2.75, 3.05) is 35.7 Å². The molecule has 0 unspecified atom stereocenters. The van der Waals surface area contributed by atoms with E-state index in [1.54, 1.807) is 24.3 Å². The Balaban J connectivity index is 1.47. The molecule has 0 radical (unpaired) electrons. The van der Waals surface area contributed by atoms with E-state index in [0.29, 0.717) is 28.4 Å². The molecule has 0 saturated carbocycles. The van der Waals surface area contributed by atoms with Crippen molar-refractivity contribution in [1.29, 1.82) is 0 Å². The number of carbonyl (C=O) groups excluding carboxylic acids is 1. The van der Waals surface area contributed by atoms with E-state index in [1.807, 2.05) is 60.0 Å². The molecule has 0 aliphatic carbocycles. The van der Waals surface area contributed by atoms with E-state index in [2.05, 4.69) is 34.3 Å². The zero-order chi connectivity index (χ0) is 27.6. The Kier molecular flexibility index (Phi) is 10.1. The van der Waals surface area contributed by atoms with Gasteiger partial charge in [-0.2, -0.15) is 0 Å². The van der Waals surface area contributed by atoms with Gasteiger partial charge in [-0.3, -0.25) is 9.36 Å². The highest BCUT2D eigenvalue weighted by molar-refractivity contribution is 7.99. The van der Waals surface area contributed by atoms with Crippen LogP contribution >= 0.6 is 23.4 Å². The van der Waals surface area contributed by atoms with Crippen LogP contribution in [0.25, 0.3) is 5.69 Å². The number of amides is 1. The fourth-order valence-electron chi connectivity index (χ4n) is 3.95. The number of thioether (sulfide) groups is 1. The number of aromatic nitrogens is 3. The van der Waals surface area contributed by atoms with Gasteiger partial charge in [0.15, 0.2) is 11.0 Å². The minimum Gasteiger partial charge on any atom is -0.494 e. The Morgan fingerprint density at radius 3 is 2.18 bits per heavy atom. The third-order valence-electron chi connectivity index (χ3n) is 5.90. The molecule has 0 spiro atoms. The van der Waals surface area contributed by atoms with Gasteiger partial charge in [0.1, 0.15) is 18.1 Å². The molecule has 0 atom stereocenters. The molecule has 3 aromatic carbocycles. The monoisotopic (exact) mass is 565 g/mol. The number of nitrogens with zero attached hydrogens (tertiary/aromatic N) is 4. The Labute approximate surface area is 238 Å². The van der Waals surface area contributed by atoms with Crippen LogP contribution in [0.5, 0.6) is 11.5 Å². The van der Waals surface area contributed by atoms with E-state index >= 15 is 0 Å². The molecule has 1 amide bonds. The summed E-state index contributed by atoms with van der Waals surface area (Å²) in [5, 5.41) is 12.9. The molecule has 4 rings (SSSR count). The van der Waals surface area contributed by atoms with Gasteiger partial charge < -0.3 is 19.7 Å². The van der Waals surface area contributed by atoms with Crippen molar-refractivity contribution in [1.82, 2.24) is 14.8 Å². The summed E-state index contributed by atoms with van der Waals surface area (Å²) in [7, 11) is 0. The second-order valence-corrected chi connectivity index (χ2v) is 9.84. The molecule has 1 heterocycles. The van der Waals surface area contributed by atoms with Gasteiger partial charge in [0, 0.05) is 35.2 Å². The Morgan fingerprint density at radius 1 is 0.897 bits per heavy atom. The number of benzene rings is 3. The molecule has 1 N–H and O–H groups in total. The van der Waals surface area contributed by atoms with Crippen molar-refractivity contribution in [3.63, 3.8) is 0 Å². The average Bonchev–Trinajstić information content (AvgIpc) is 3.36. The van der Waals surface area contributed by atoms with Gasteiger partial charge in [0.2, 0.25) is 5.91 Å². The highest BCUT2D eigenvalue weighted by Gasteiger charge is 2.17. The van der Waals surface area contributed by atoms with Gasteiger partial charge in [-0.15, -0.1) is 10.2 Å². The molecule has 0 aliphatic rings. The van der Waals surface area contributed by atoms with Gasteiger partial charge in [-0.05, 0) is 93.6 Å².